The highest BCUT2D eigenvalue weighted by Gasteiger charge is 1.91. The lowest BCUT2D eigenvalue weighted by Gasteiger charge is -2.11. The standard InChI is InChI=1S/C6H15N2/c1-4-7-6(3)8-5-2/h4,6-8H,5H2,1-3H3. The predicted molar refractivity (Wildman–Crippen MR) is 36.2 cm³/mol. The van der Waals surface area contributed by atoms with Crippen molar-refractivity contribution >= 4 is 0 Å². The monoisotopic (exact) mass is 115 g/mol. The predicted octanol–water partition coefficient (Wildman–Crippen LogP) is 0.713. The summed E-state index contributed by atoms with van der Waals surface area (Å²) in [6.45, 7) is 9.11. The summed E-state index contributed by atoms with van der Waals surface area (Å²) < 4.78 is 0. The van der Waals surface area contributed by atoms with Crippen LogP contribution in [0.1, 0.15) is 20.8 Å². The van der Waals surface area contributed by atoms with Crippen LogP contribution in [0.2, 0.25) is 0 Å². The van der Waals surface area contributed by atoms with E-state index in [2.05, 4.69) is 24.5 Å². The molecule has 0 amide bonds. The van der Waals surface area contributed by atoms with E-state index in [1.54, 1.807) is 0 Å². The van der Waals surface area contributed by atoms with Gasteiger partial charge in [-0.1, -0.05) is 6.92 Å². The van der Waals surface area contributed by atoms with Crippen LogP contribution in [0.3, 0.4) is 0 Å². The maximum absolute atomic E-state index is 3.20. The zero-order valence-electron chi connectivity index (χ0n) is 5.86. The van der Waals surface area contributed by atoms with Crippen molar-refractivity contribution in [3.63, 3.8) is 0 Å². The van der Waals surface area contributed by atoms with Crippen LogP contribution >= 0.6 is 0 Å². The van der Waals surface area contributed by atoms with Crippen molar-refractivity contribution in [1.29, 1.82) is 0 Å². The van der Waals surface area contributed by atoms with Gasteiger partial charge >= 0.3 is 0 Å². The van der Waals surface area contributed by atoms with Gasteiger partial charge in [-0.25, -0.2) is 0 Å². The van der Waals surface area contributed by atoms with Crippen LogP contribution in [-0.2, 0) is 0 Å². The molecule has 1 atom stereocenters. The molecule has 2 nitrogen and oxygen atoms in total. The van der Waals surface area contributed by atoms with Crippen molar-refractivity contribution in [2.45, 2.75) is 26.9 Å². The molecule has 2 heteroatoms. The molecule has 0 spiro atoms. The van der Waals surface area contributed by atoms with Crippen molar-refractivity contribution in [3.8, 4) is 0 Å². The Morgan fingerprint density at radius 2 is 2.25 bits per heavy atom. The van der Waals surface area contributed by atoms with E-state index >= 15 is 0 Å². The summed E-state index contributed by atoms with van der Waals surface area (Å²) in [5, 5.41) is 6.31. The average molecular weight is 115 g/mol. The number of hydrogen-bond acceptors (Lipinski definition) is 2. The van der Waals surface area contributed by atoms with Crippen LogP contribution in [-0.4, -0.2) is 12.7 Å². The minimum Gasteiger partial charge on any atom is -0.302 e. The van der Waals surface area contributed by atoms with Crippen LogP contribution in [0.15, 0.2) is 0 Å². The van der Waals surface area contributed by atoms with Crippen LogP contribution in [0.25, 0.3) is 0 Å². The topological polar surface area (TPSA) is 24.1 Å². The van der Waals surface area contributed by atoms with E-state index < -0.39 is 0 Å². The highest BCUT2D eigenvalue weighted by Crippen LogP contribution is 1.73. The molecular formula is C6H15N2. The first-order valence-electron chi connectivity index (χ1n) is 3.08. The van der Waals surface area contributed by atoms with Crippen molar-refractivity contribution in [3.05, 3.63) is 6.54 Å². The summed E-state index contributed by atoms with van der Waals surface area (Å²) in [6, 6.07) is 0. The SMILES string of the molecule is C[CH]NC(C)NCC. The first-order valence-corrected chi connectivity index (χ1v) is 3.08. The van der Waals surface area contributed by atoms with Crippen molar-refractivity contribution in [2.24, 2.45) is 0 Å². The maximum Gasteiger partial charge on any atom is 0.0544 e. The van der Waals surface area contributed by atoms with E-state index in [-0.39, 0.29) is 0 Å². The summed E-state index contributed by atoms with van der Waals surface area (Å²) in [7, 11) is 0. The molecule has 0 aliphatic carbocycles. The zero-order valence-corrected chi connectivity index (χ0v) is 5.86. The fourth-order valence-electron chi connectivity index (χ4n) is 0.615. The Morgan fingerprint density at radius 1 is 1.62 bits per heavy atom. The summed E-state index contributed by atoms with van der Waals surface area (Å²) in [6.07, 6.45) is 0.407. The lowest BCUT2D eigenvalue weighted by atomic mass is 10.5. The second-order valence-corrected chi connectivity index (χ2v) is 1.73. The van der Waals surface area contributed by atoms with Gasteiger partial charge in [0.25, 0.3) is 0 Å². The van der Waals surface area contributed by atoms with Crippen LogP contribution in [0.5, 0.6) is 0 Å². The van der Waals surface area contributed by atoms with Crippen molar-refractivity contribution in [1.82, 2.24) is 10.6 Å². The Morgan fingerprint density at radius 3 is 2.62 bits per heavy atom. The van der Waals surface area contributed by atoms with Gasteiger partial charge in [-0.2, -0.15) is 0 Å². The van der Waals surface area contributed by atoms with E-state index in [1.165, 1.54) is 0 Å². The van der Waals surface area contributed by atoms with Crippen LogP contribution < -0.4 is 10.6 Å². The Hall–Kier alpha value is -0.0800. The molecule has 0 saturated carbocycles. The third kappa shape index (κ3) is 4.09. The van der Waals surface area contributed by atoms with Gasteiger partial charge in [0.2, 0.25) is 0 Å². The Labute approximate surface area is 51.7 Å². The first-order chi connectivity index (χ1) is 3.81. The van der Waals surface area contributed by atoms with Gasteiger partial charge in [0.1, 0.15) is 0 Å². The molecule has 1 radical (unpaired) electrons. The van der Waals surface area contributed by atoms with E-state index in [0.29, 0.717) is 6.17 Å². The molecule has 0 aromatic carbocycles. The molecule has 0 aromatic heterocycles. The largest absolute Gasteiger partial charge is 0.302 e. The minimum atomic E-state index is 0.407. The zero-order chi connectivity index (χ0) is 6.41. The Balaban J connectivity index is 2.92. The molecule has 0 aliphatic heterocycles. The molecule has 0 aromatic rings. The van der Waals surface area contributed by atoms with Gasteiger partial charge in [0.15, 0.2) is 0 Å². The summed E-state index contributed by atoms with van der Waals surface area (Å²) >= 11 is 0. The first kappa shape index (κ1) is 7.92. The molecular weight excluding hydrogens is 100 g/mol. The molecule has 8 heavy (non-hydrogen) atoms. The normalized spacial score (nSPS) is 10.5. The van der Waals surface area contributed by atoms with E-state index in [1.807, 2.05) is 13.5 Å². The van der Waals surface area contributed by atoms with Gasteiger partial charge < -0.3 is 5.32 Å². The van der Waals surface area contributed by atoms with E-state index in [0.717, 1.165) is 6.54 Å². The Kier molecular flexibility index (Phi) is 5.01. The fourth-order valence-corrected chi connectivity index (χ4v) is 0.615. The summed E-state index contributed by atoms with van der Waals surface area (Å²) in [4.78, 5) is 0. The smallest absolute Gasteiger partial charge is 0.0544 e. The lowest BCUT2D eigenvalue weighted by Crippen LogP contribution is -2.37. The van der Waals surface area contributed by atoms with Gasteiger partial charge in [-0.15, -0.1) is 0 Å². The van der Waals surface area contributed by atoms with E-state index in [4.69, 9.17) is 0 Å². The molecule has 1 unspecified atom stereocenters. The summed E-state index contributed by atoms with van der Waals surface area (Å²) in [5.74, 6) is 0. The number of hydrogen-bond donors (Lipinski definition) is 2. The van der Waals surface area contributed by atoms with Gasteiger partial charge in [-0.05, 0) is 20.4 Å². The minimum absolute atomic E-state index is 0.407. The second-order valence-electron chi connectivity index (χ2n) is 1.73. The highest BCUT2D eigenvalue weighted by atomic mass is 15.1. The molecule has 0 rings (SSSR count). The van der Waals surface area contributed by atoms with E-state index in [9.17, 15) is 0 Å². The second kappa shape index (κ2) is 5.06. The van der Waals surface area contributed by atoms with Crippen molar-refractivity contribution in [2.75, 3.05) is 6.54 Å². The molecule has 0 fully saturated rings. The molecule has 0 bridgehead atoms. The maximum atomic E-state index is 3.20. The quantitative estimate of drug-likeness (QED) is 0.527. The molecule has 0 heterocycles. The molecule has 0 saturated heterocycles. The van der Waals surface area contributed by atoms with Crippen molar-refractivity contribution < 1.29 is 0 Å². The molecule has 49 valence electrons. The Bertz CT molecular complexity index is 39.8. The number of nitrogens with one attached hydrogen (secondary N) is 2. The van der Waals surface area contributed by atoms with Gasteiger partial charge in [0, 0.05) is 6.54 Å². The van der Waals surface area contributed by atoms with Crippen LogP contribution in [0, 0.1) is 6.54 Å². The third-order valence-electron chi connectivity index (χ3n) is 0.927. The molecule has 0 aliphatic rings. The van der Waals surface area contributed by atoms with Gasteiger partial charge in [0.05, 0.1) is 6.17 Å². The third-order valence-corrected chi connectivity index (χ3v) is 0.927. The van der Waals surface area contributed by atoms with Gasteiger partial charge in [-0.3, -0.25) is 5.32 Å². The highest BCUT2D eigenvalue weighted by molar-refractivity contribution is 4.60. The molecule has 2 N–H and O–H groups in total. The summed E-state index contributed by atoms with van der Waals surface area (Å²) in [5.41, 5.74) is 0. The van der Waals surface area contributed by atoms with Crippen LogP contribution in [0.4, 0.5) is 0 Å². The fraction of sp³-hybridized carbons (Fsp3) is 0.833. The average Bonchev–Trinajstić information content (AvgIpc) is 1.68. The lowest BCUT2D eigenvalue weighted by molar-refractivity contribution is 0.504. The number of rotatable bonds is 4.